The van der Waals surface area contributed by atoms with Gasteiger partial charge in [-0.3, -0.25) is 19.0 Å². The standard InChI is InChI=1S/C31H34FN3O6/c1-19(2)17-26(31(39)41-24-5-3-4-6-24)34-27(36)18-40-23-13-11-22(12-14-23)35-28(37)16-15-25(30(35)33)29(38)20-7-9-21(32)10-8-20/h7-16,19,24,26H,3-6,17-18,33H2,1-2H3,(H,34,36)/t26-/m1/s1. The molecule has 1 aromatic heterocycles. The molecule has 1 aliphatic rings. The number of carbonyl (C=O) groups is 3. The quantitative estimate of drug-likeness (QED) is 0.264. The summed E-state index contributed by atoms with van der Waals surface area (Å²) >= 11 is 0. The highest BCUT2D eigenvalue weighted by molar-refractivity contribution is 6.11. The molecule has 1 heterocycles. The van der Waals surface area contributed by atoms with Crippen LogP contribution in [-0.2, 0) is 14.3 Å². The minimum absolute atomic E-state index is 0.0689. The number of anilines is 1. The zero-order valence-corrected chi connectivity index (χ0v) is 23.1. The molecular weight excluding hydrogens is 529 g/mol. The van der Waals surface area contributed by atoms with Gasteiger partial charge >= 0.3 is 5.97 Å². The molecule has 0 saturated heterocycles. The first-order valence-corrected chi connectivity index (χ1v) is 13.7. The number of rotatable bonds is 11. The largest absolute Gasteiger partial charge is 0.484 e. The van der Waals surface area contributed by atoms with E-state index in [1.165, 1.54) is 41.0 Å². The summed E-state index contributed by atoms with van der Waals surface area (Å²) in [6, 6.07) is 13.1. The number of nitrogens with zero attached hydrogens (tertiary/aromatic N) is 1. The van der Waals surface area contributed by atoms with E-state index in [9.17, 15) is 23.6 Å². The van der Waals surface area contributed by atoms with Gasteiger partial charge in [0, 0.05) is 11.6 Å². The molecule has 4 rings (SSSR count). The average Bonchev–Trinajstić information content (AvgIpc) is 3.45. The topological polar surface area (TPSA) is 130 Å². The average molecular weight is 564 g/mol. The molecule has 0 radical (unpaired) electrons. The lowest BCUT2D eigenvalue weighted by atomic mass is 10.0. The Kier molecular flexibility index (Phi) is 9.54. The van der Waals surface area contributed by atoms with E-state index >= 15 is 0 Å². The number of benzene rings is 2. The molecule has 41 heavy (non-hydrogen) atoms. The summed E-state index contributed by atoms with van der Waals surface area (Å²) in [6.45, 7) is 3.60. The van der Waals surface area contributed by atoms with Crippen LogP contribution in [0.2, 0.25) is 0 Å². The summed E-state index contributed by atoms with van der Waals surface area (Å²) in [7, 11) is 0. The Labute approximate surface area is 237 Å². The molecule has 1 amide bonds. The van der Waals surface area contributed by atoms with Crippen molar-refractivity contribution in [3.63, 3.8) is 0 Å². The van der Waals surface area contributed by atoms with Crippen molar-refractivity contribution in [1.29, 1.82) is 0 Å². The van der Waals surface area contributed by atoms with Crippen molar-refractivity contribution in [2.45, 2.75) is 58.1 Å². The molecule has 0 bridgehead atoms. The van der Waals surface area contributed by atoms with Gasteiger partial charge in [0.05, 0.1) is 11.3 Å². The number of pyridine rings is 1. The number of ether oxygens (including phenoxy) is 2. The fourth-order valence-electron chi connectivity index (χ4n) is 4.78. The molecule has 9 nitrogen and oxygen atoms in total. The molecular formula is C31H34FN3O6. The molecule has 1 atom stereocenters. The van der Waals surface area contributed by atoms with Crippen LogP contribution in [0.15, 0.2) is 65.5 Å². The Morgan fingerprint density at radius 3 is 2.29 bits per heavy atom. The molecule has 2 aromatic carbocycles. The number of hydrogen-bond donors (Lipinski definition) is 2. The van der Waals surface area contributed by atoms with E-state index in [0.29, 0.717) is 17.9 Å². The molecule has 0 unspecified atom stereocenters. The van der Waals surface area contributed by atoms with Crippen LogP contribution in [0.5, 0.6) is 5.75 Å². The van der Waals surface area contributed by atoms with Crippen LogP contribution >= 0.6 is 0 Å². The lowest BCUT2D eigenvalue weighted by Crippen LogP contribution is -2.45. The van der Waals surface area contributed by atoms with Gasteiger partial charge < -0.3 is 20.5 Å². The molecule has 1 aliphatic carbocycles. The van der Waals surface area contributed by atoms with Gasteiger partial charge in [-0.1, -0.05) is 13.8 Å². The Morgan fingerprint density at radius 1 is 1.00 bits per heavy atom. The molecule has 216 valence electrons. The number of hydrogen-bond acceptors (Lipinski definition) is 7. The maximum atomic E-state index is 13.3. The summed E-state index contributed by atoms with van der Waals surface area (Å²) in [4.78, 5) is 50.9. The molecule has 3 N–H and O–H groups in total. The second-order valence-electron chi connectivity index (χ2n) is 10.5. The van der Waals surface area contributed by atoms with Crippen molar-refractivity contribution in [3.05, 3.63) is 88.0 Å². The molecule has 0 aliphatic heterocycles. The highest BCUT2D eigenvalue weighted by Crippen LogP contribution is 2.23. The molecule has 10 heteroatoms. The number of carbonyl (C=O) groups excluding carboxylic acids is 3. The van der Waals surface area contributed by atoms with Crippen LogP contribution in [0.1, 0.15) is 61.9 Å². The van der Waals surface area contributed by atoms with E-state index in [4.69, 9.17) is 15.2 Å². The highest BCUT2D eigenvalue weighted by Gasteiger charge is 2.27. The number of nitrogens with one attached hydrogen (secondary N) is 1. The third-order valence-corrected chi connectivity index (χ3v) is 6.86. The fraction of sp³-hybridized carbons (Fsp3) is 0.355. The number of amides is 1. The van der Waals surface area contributed by atoms with Crippen LogP contribution < -0.4 is 21.3 Å². The predicted molar refractivity (Wildman–Crippen MR) is 152 cm³/mol. The summed E-state index contributed by atoms with van der Waals surface area (Å²) in [5.41, 5.74) is 6.47. The number of ketones is 1. The summed E-state index contributed by atoms with van der Waals surface area (Å²) in [5.74, 6) is -1.36. The van der Waals surface area contributed by atoms with Gasteiger partial charge in [0.1, 0.15) is 29.5 Å². The van der Waals surface area contributed by atoms with Gasteiger partial charge in [0.15, 0.2) is 12.4 Å². The van der Waals surface area contributed by atoms with E-state index in [1.54, 1.807) is 24.3 Å². The van der Waals surface area contributed by atoms with Crippen molar-refractivity contribution >= 4 is 23.5 Å². The SMILES string of the molecule is CC(C)C[C@@H](NC(=O)COc1ccc(-n2c(N)c(C(=O)c3ccc(F)cc3)ccc2=O)cc1)C(=O)OC1CCCC1. The second kappa shape index (κ2) is 13.3. The van der Waals surface area contributed by atoms with Crippen molar-refractivity contribution in [3.8, 4) is 11.4 Å². The number of halogens is 1. The van der Waals surface area contributed by atoms with Gasteiger partial charge in [-0.2, -0.15) is 0 Å². The van der Waals surface area contributed by atoms with E-state index in [-0.39, 0.29) is 35.6 Å². The zero-order valence-electron chi connectivity index (χ0n) is 23.1. The minimum Gasteiger partial charge on any atom is -0.484 e. The maximum Gasteiger partial charge on any atom is 0.328 e. The van der Waals surface area contributed by atoms with Crippen LogP contribution in [0, 0.1) is 11.7 Å². The van der Waals surface area contributed by atoms with Crippen LogP contribution in [0.3, 0.4) is 0 Å². The van der Waals surface area contributed by atoms with Crippen LogP contribution in [-0.4, -0.2) is 41.0 Å². The Hall–Kier alpha value is -4.47. The molecule has 3 aromatic rings. The summed E-state index contributed by atoms with van der Waals surface area (Å²) in [5, 5.41) is 2.72. The van der Waals surface area contributed by atoms with Gasteiger partial charge in [-0.15, -0.1) is 0 Å². The van der Waals surface area contributed by atoms with E-state index in [0.717, 1.165) is 25.7 Å². The van der Waals surface area contributed by atoms with Gasteiger partial charge in [-0.25, -0.2) is 9.18 Å². The van der Waals surface area contributed by atoms with Gasteiger partial charge in [0.2, 0.25) is 0 Å². The Morgan fingerprint density at radius 2 is 1.66 bits per heavy atom. The van der Waals surface area contributed by atoms with Gasteiger partial charge in [0.25, 0.3) is 11.5 Å². The molecule has 1 saturated carbocycles. The monoisotopic (exact) mass is 563 g/mol. The Balaban J connectivity index is 1.41. The summed E-state index contributed by atoms with van der Waals surface area (Å²) in [6.07, 6.45) is 4.12. The third kappa shape index (κ3) is 7.59. The first-order chi connectivity index (χ1) is 19.6. The first kappa shape index (κ1) is 29.5. The molecule has 0 spiro atoms. The van der Waals surface area contributed by atoms with Crippen LogP contribution in [0.25, 0.3) is 5.69 Å². The number of aromatic nitrogens is 1. The van der Waals surface area contributed by atoms with Gasteiger partial charge in [-0.05, 0) is 92.6 Å². The van der Waals surface area contributed by atoms with Crippen molar-refractivity contribution in [1.82, 2.24) is 9.88 Å². The lowest BCUT2D eigenvalue weighted by molar-refractivity contribution is -0.153. The lowest BCUT2D eigenvalue weighted by Gasteiger charge is -2.21. The van der Waals surface area contributed by atoms with Crippen LogP contribution in [0.4, 0.5) is 10.2 Å². The number of nitrogen functional groups attached to an aromatic ring is 1. The Bertz CT molecular complexity index is 1440. The van der Waals surface area contributed by atoms with Crippen molar-refractivity contribution in [2.75, 3.05) is 12.3 Å². The van der Waals surface area contributed by atoms with Crippen molar-refractivity contribution in [2.24, 2.45) is 5.92 Å². The normalized spacial score (nSPS) is 14.0. The summed E-state index contributed by atoms with van der Waals surface area (Å²) < 4.78 is 25.6. The third-order valence-electron chi connectivity index (χ3n) is 6.86. The number of nitrogens with two attached hydrogens (primary N) is 1. The van der Waals surface area contributed by atoms with E-state index < -0.39 is 35.1 Å². The first-order valence-electron chi connectivity index (χ1n) is 13.7. The van der Waals surface area contributed by atoms with Crippen molar-refractivity contribution < 1.29 is 28.2 Å². The number of esters is 1. The highest BCUT2D eigenvalue weighted by atomic mass is 19.1. The van der Waals surface area contributed by atoms with E-state index in [1.807, 2.05) is 13.8 Å². The second-order valence-corrected chi connectivity index (χ2v) is 10.5. The predicted octanol–water partition coefficient (Wildman–Crippen LogP) is 4.19. The molecule has 1 fully saturated rings. The minimum atomic E-state index is -0.756. The maximum absolute atomic E-state index is 13.3. The smallest absolute Gasteiger partial charge is 0.328 e. The fourth-order valence-corrected chi connectivity index (χ4v) is 4.78. The zero-order chi connectivity index (χ0) is 29.5. The van der Waals surface area contributed by atoms with E-state index in [2.05, 4.69) is 5.32 Å².